The second-order valence-electron chi connectivity index (χ2n) is 9.04. The second-order valence-corrected chi connectivity index (χ2v) is 9.48. The first-order valence-corrected chi connectivity index (χ1v) is 12.0. The molecule has 6 nitrogen and oxygen atoms in total. The standard InChI is InChI=1S/C27H28ClN5O/c1-18-8-9-21(13-19(18)2)24-15-25-26(29-10-12-33(25)31-24)32-11-4-6-22(17-32)27(34)30-16-20-5-3-7-23(28)14-20/h3,5,7-10,12-15,22H,4,6,11,16-17H2,1-2H3,(H,30,34). The highest BCUT2D eigenvalue weighted by Crippen LogP contribution is 2.29. The molecular formula is C27H28ClN5O. The van der Waals surface area contributed by atoms with Crippen LogP contribution in [-0.2, 0) is 11.3 Å². The minimum absolute atomic E-state index is 0.0703. The molecule has 1 aliphatic rings. The maximum Gasteiger partial charge on any atom is 0.225 e. The van der Waals surface area contributed by atoms with E-state index in [-0.39, 0.29) is 11.8 Å². The molecule has 1 fully saturated rings. The molecule has 0 radical (unpaired) electrons. The van der Waals surface area contributed by atoms with E-state index in [1.54, 1.807) is 6.20 Å². The number of hydrogen-bond donors (Lipinski definition) is 1. The fraction of sp³-hybridized carbons (Fsp3) is 0.296. The third kappa shape index (κ3) is 4.64. The van der Waals surface area contributed by atoms with Crippen molar-refractivity contribution in [2.75, 3.05) is 18.0 Å². The number of fused-ring (bicyclic) bond motifs is 1. The fourth-order valence-corrected chi connectivity index (χ4v) is 4.77. The smallest absolute Gasteiger partial charge is 0.225 e. The molecule has 3 heterocycles. The van der Waals surface area contributed by atoms with E-state index in [2.05, 4.69) is 53.3 Å². The molecule has 34 heavy (non-hydrogen) atoms. The zero-order chi connectivity index (χ0) is 23.7. The summed E-state index contributed by atoms with van der Waals surface area (Å²) in [6.45, 7) is 6.22. The maximum absolute atomic E-state index is 12.9. The van der Waals surface area contributed by atoms with Gasteiger partial charge in [-0.1, -0.05) is 35.9 Å². The number of nitrogens with one attached hydrogen (secondary N) is 1. The summed E-state index contributed by atoms with van der Waals surface area (Å²) >= 11 is 6.07. The van der Waals surface area contributed by atoms with E-state index in [0.29, 0.717) is 18.1 Å². The Hall–Kier alpha value is -3.38. The summed E-state index contributed by atoms with van der Waals surface area (Å²) in [4.78, 5) is 19.8. The number of aryl methyl sites for hydroxylation is 2. The van der Waals surface area contributed by atoms with Crippen molar-refractivity contribution in [3.63, 3.8) is 0 Å². The van der Waals surface area contributed by atoms with Gasteiger partial charge in [-0.15, -0.1) is 0 Å². The summed E-state index contributed by atoms with van der Waals surface area (Å²) in [5.74, 6) is 0.857. The van der Waals surface area contributed by atoms with Crippen LogP contribution >= 0.6 is 11.6 Å². The van der Waals surface area contributed by atoms with Gasteiger partial charge in [0, 0.05) is 42.6 Å². The number of anilines is 1. The predicted molar refractivity (Wildman–Crippen MR) is 136 cm³/mol. The number of benzene rings is 2. The van der Waals surface area contributed by atoms with Gasteiger partial charge in [0.2, 0.25) is 5.91 Å². The van der Waals surface area contributed by atoms with Crippen LogP contribution in [0.5, 0.6) is 0 Å². The predicted octanol–water partition coefficient (Wildman–Crippen LogP) is 5.20. The Bertz CT molecular complexity index is 1350. The van der Waals surface area contributed by atoms with E-state index in [9.17, 15) is 4.79 Å². The molecule has 1 amide bonds. The number of hydrogen-bond acceptors (Lipinski definition) is 4. The Kier molecular flexibility index (Phi) is 6.24. The molecule has 1 saturated heterocycles. The summed E-state index contributed by atoms with van der Waals surface area (Å²) in [6.07, 6.45) is 5.47. The van der Waals surface area contributed by atoms with Crippen LogP contribution in [0.1, 0.15) is 29.5 Å². The molecule has 1 unspecified atom stereocenters. The van der Waals surface area contributed by atoms with Gasteiger partial charge >= 0.3 is 0 Å². The lowest BCUT2D eigenvalue weighted by Crippen LogP contribution is -2.43. The third-order valence-corrected chi connectivity index (χ3v) is 6.85. The van der Waals surface area contributed by atoms with Crippen molar-refractivity contribution in [3.8, 4) is 11.3 Å². The van der Waals surface area contributed by atoms with E-state index in [4.69, 9.17) is 16.7 Å². The molecule has 5 rings (SSSR count). The molecule has 0 aliphatic carbocycles. The zero-order valence-electron chi connectivity index (χ0n) is 19.5. The summed E-state index contributed by atoms with van der Waals surface area (Å²) in [7, 11) is 0. The van der Waals surface area contributed by atoms with E-state index in [1.807, 2.05) is 35.0 Å². The van der Waals surface area contributed by atoms with E-state index < -0.39 is 0 Å². The number of rotatable bonds is 5. The Labute approximate surface area is 204 Å². The number of amides is 1. The summed E-state index contributed by atoms with van der Waals surface area (Å²) in [6, 6.07) is 16.1. The molecule has 7 heteroatoms. The average molecular weight is 474 g/mol. The first kappa shape index (κ1) is 22.4. The second kappa shape index (κ2) is 9.47. The van der Waals surface area contributed by atoms with E-state index in [1.165, 1.54) is 11.1 Å². The molecule has 4 aromatic rings. The number of piperidine rings is 1. The van der Waals surface area contributed by atoms with Gasteiger partial charge in [-0.05, 0) is 67.6 Å². The highest BCUT2D eigenvalue weighted by molar-refractivity contribution is 6.30. The van der Waals surface area contributed by atoms with Gasteiger partial charge in [-0.3, -0.25) is 4.79 Å². The third-order valence-electron chi connectivity index (χ3n) is 6.62. The van der Waals surface area contributed by atoms with Gasteiger partial charge in [0.25, 0.3) is 0 Å². The Morgan fingerprint density at radius 1 is 1.15 bits per heavy atom. The van der Waals surface area contributed by atoms with Gasteiger partial charge in [-0.2, -0.15) is 5.10 Å². The van der Waals surface area contributed by atoms with Crippen molar-refractivity contribution in [1.29, 1.82) is 0 Å². The lowest BCUT2D eigenvalue weighted by atomic mass is 9.97. The topological polar surface area (TPSA) is 62.5 Å². The van der Waals surface area contributed by atoms with Crippen LogP contribution in [0.2, 0.25) is 5.02 Å². The number of carbonyl (C=O) groups excluding carboxylic acids is 1. The Balaban J connectivity index is 1.34. The molecule has 0 bridgehead atoms. The van der Waals surface area contributed by atoms with Crippen LogP contribution < -0.4 is 10.2 Å². The lowest BCUT2D eigenvalue weighted by molar-refractivity contribution is -0.125. The molecule has 1 N–H and O–H groups in total. The van der Waals surface area contributed by atoms with E-state index in [0.717, 1.165) is 47.5 Å². The molecule has 1 atom stereocenters. The molecule has 0 spiro atoms. The van der Waals surface area contributed by atoms with Crippen LogP contribution in [0.4, 0.5) is 5.82 Å². The van der Waals surface area contributed by atoms with Crippen molar-refractivity contribution < 1.29 is 4.79 Å². The number of halogens is 1. The summed E-state index contributed by atoms with van der Waals surface area (Å²) in [5.41, 5.74) is 6.48. The van der Waals surface area contributed by atoms with Crippen molar-refractivity contribution in [2.24, 2.45) is 5.92 Å². The molecular weight excluding hydrogens is 446 g/mol. The number of aromatic nitrogens is 3. The van der Waals surface area contributed by atoms with Crippen molar-refractivity contribution in [3.05, 3.63) is 82.6 Å². The van der Waals surface area contributed by atoms with Crippen molar-refractivity contribution in [1.82, 2.24) is 19.9 Å². The van der Waals surface area contributed by atoms with Crippen molar-refractivity contribution >= 4 is 28.8 Å². The molecule has 0 saturated carbocycles. The monoisotopic (exact) mass is 473 g/mol. The first-order valence-electron chi connectivity index (χ1n) is 11.7. The highest BCUT2D eigenvalue weighted by Gasteiger charge is 2.27. The molecule has 2 aromatic heterocycles. The van der Waals surface area contributed by atoms with E-state index >= 15 is 0 Å². The molecule has 2 aromatic carbocycles. The van der Waals surface area contributed by atoms with Crippen molar-refractivity contribution in [2.45, 2.75) is 33.2 Å². The Morgan fingerprint density at radius 2 is 2.03 bits per heavy atom. The minimum atomic E-state index is -0.0860. The maximum atomic E-state index is 12.9. The highest BCUT2D eigenvalue weighted by atomic mass is 35.5. The molecule has 1 aliphatic heterocycles. The normalized spacial score (nSPS) is 16.1. The SMILES string of the molecule is Cc1ccc(-c2cc3c(N4CCCC(C(=O)NCc5cccc(Cl)c5)C4)nccn3n2)cc1C. The van der Waals surface area contributed by atoms with Gasteiger partial charge in [0.05, 0.1) is 11.6 Å². The fourth-order valence-electron chi connectivity index (χ4n) is 4.56. The van der Waals surface area contributed by atoms with Gasteiger partial charge in [0.15, 0.2) is 5.82 Å². The largest absolute Gasteiger partial charge is 0.354 e. The number of carbonyl (C=O) groups is 1. The summed E-state index contributed by atoms with van der Waals surface area (Å²) < 4.78 is 1.88. The van der Waals surface area contributed by atoms with Gasteiger partial charge in [0.1, 0.15) is 5.52 Å². The van der Waals surface area contributed by atoms with Gasteiger partial charge in [-0.25, -0.2) is 9.50 Å². The zero-order valence-corrected chi connectivity index (χ0v) is 20.2. The number of nitrogens with zero attached hydrogens (tertiary/aromatic N) is 4. The van der Waals surface area contributed by atoms with Crippen LogP contribution in [0, 0.1) is 19.8 Å². The Morgan fingerprint density at radius 3 is 2.85 bits per heavy atom. The van der Waals surface area contributed by atoms with Crippen LogP contribution in [0.15, 0.2) is 60.9 Å². The average Bonchev–Trinajstić information content (AvgIpc) is 3.29. The van der Waals surface area contributed by atoms with Gasteiger partial charge < -0.3 is 10.2 Å². The molecule has 174 valence electrons. The first-order chi connectivity index (χ1) is 16.5. The lowest BCUT2D eigenvalue weighted by Gasteiger charge is -2.33. The quantitative estimate of drug-likeness (QED) is 0.432. The minimum Gasteiger partial charge on any atom is -0.354 e. The van der Waals surface area contributed by atoms with Crippen LogP contribution in [0.3, 0.4) is 0 Å². The van der Waals surface area contributed by atoms with Crippen LogP contribution in [-0.4, -0.2) is 33.6 Å². The van der Waals surface area contributed by atoms with Crippen LogP contribution in [0.25, 0.3) is 16.8 Å². The summed E-state index contributed by atoms with van der Waals surface area (Å²) in [5, 5.41) is 8.55.